The molecule has 2 heterocycles. The molecule has 1 aromatic heterocycles. The molecule has 0 spiro atoms. The molecule has 0 bridgehead atoms. The van der Waals surface area contributed by atoms with Crippen molar-refractivity contribution in [1.29, 1.82) is 0 Å². The number of nitrogens with one attached hydrogen (secondary N) is 1. The Balaban J connectivity index is 1.80. The van der Waals surface area contributed by atoms with Gasteiger partial charge in [0.05, 0.1) is 4.92 Å². The minimum Gasteiger partial charge on any atom is -0.366 e. The summed E-state index contributed by atoms with van der Waals surface area (Å²) in [5.41, 5.74) is 2.04. The third-order valence-electron chi connectivity index (χ3n) is 4.77. The molecule has 25 heavy (non-hydrogen) atoms. The number of rotatable bonds is 4. The van der Waals surface area contributed by atoms with E-state index in [1.54, 1.807) is 18.3 Å². The van der Waals surface area contributed by atoms with Gasteiger partial charge in [-0.1, -0.05) is 0 Å². The van der Waals surface area contributed by atoms with Crippen LogP contribution in [0.2, 0.25) is 0 Å². The average molecular weight is 343 g/mol. The van der Waals surface area contributed by atoms with E-state index in [-0.39, 0.29) is 11.6 Å². The summed E-state index contributed by atoms with van der Waals surface area (Å²) in [6.45, 7) is 1.46. The molecule has 1 saturated heterocycles. The van der Waals surface area contributed by atoms with Gasteiger partial charge in [0.25, 0.3) is 11.6 Å². The van der Waals surface area contributed by atoms with Crippen LogP contribution in [-0.4, -0.2) is 40.7 Å². The van der Waals surface area contributed by atoms with Gasteiger partial charge in [0.1, 0.15) is 5.69 Å². The summed E-state index contributed by atoms with van der Waals surface area (Å²) < 4.78 is 1.89. The Kier molecular flexibility index (Phi) is 4.69. The number of benzene rings is 1. The SMILES string of the molecule is CNC(=O)c1ccc(N2CCC(c3ccnn3C)CC2)c([N+](=O)[O-])c1. The largest absolute Gasteiger partial charge is 0.366 e. The van der Waals surface area contributed by atoms with Crippen LogP contribution >= 0.6 is 0 Å². The molecule has 3 rings (SSSR count). The van der Waals surface area contributed by atoms with Gasteiger partial charge in [0.15, 0.2) is 0 Å². The van der Waals surface area contributed by atoms with Crippen molar-refractivity contribution < 1.29 is 9.72 Å². The summed E-state index contributed by atoms with van der Waals surface area (Å²) in [6.07, 6.45) is 3.62. The maximum atomic E-state index is 11.7. The third kappa shape index (κ3) is 3.33. The second-order valence-corrected chi connectivity index (χ2v) is 6.18. The van der Waals surface area contributed by atoms with E-state index < -0.39 is 4.92 Å². The minimum atomic E-state index is -0.422. The van der Waals surface area contributed by atoms with Crippen molar-refractivity contribution in [2.24, 2.45) is 7.05 Å². The molecule has 8 heteroatoms. The molecule has 0 radical (unpaired) electrons. The van der Waals surface area contributed by atoms with Crippen LogP contribution in [0, 0.1) is 10.1 Å². The van der Waals surface area contributed by atoms with Crippen LogP contribution < -0.4 is 10.2 Å². The number of nitro benzene ring substituents is 1. The van der Waals surface area contributed by atoms with Crippen molar-refractivity contribution in [3.8, 4) is 0 Å². The highest BCUT2D eigenvalue weighted by Gasteiger charge is 2.27. The predicted molar refractivity (Wildman–Crippen MR) is 93.9 cm³/mol. The van der Waals surface area contributed by atoms with Gasteiger partial charge < -0.3 is 10.2 Å². The topological polar surface area (TPSA) is 93.3 Å². The van der Waals surface area contributed by atoms with Crippen molar-refractivity contribution in [3.05, 3.63) is 51.8 Å². The summed E-state index contributed by atoms with van der Waals surface area (Å²) in [7, 11) is 3.44. The average Bonchev–Trinajstić information content (AvgIpc) is 3.06. The summed E-state index contributed by atoms with van der Waals surface area (Å²) in [5.74, 6) is 0.0810. The van der Waals surface area contributed by atoms with E-state index in [1.807, 2.05) is 22.7 Å². The number of amides is 1. The number of piperidine rings is 1. The third-order valence-corrected chi connectivity index (χ3v) is 4.77. The second-order valence-electron chi connectivity index (χ2n) is 6.18. The van der Waals surface area contributed by atoms with E-state index in [0.717, 1.165) is 25.9 Å². The zero-order valence-corrected chi connectivity index (χ0v) is 14.3. The number of hydrogen-bond acceptors (Lipinski definition) is 5. The second kappa shape index (κ2) is 6.92. The van der Waals surface area contributed by atoms with Crippen LogP contribution in [0.1, 0.15) is 34.8 Å². The highest BCUT2D eigenvalue weighted by atomic mass is 16.6. The fourth-order valence-electron chi connectivity index (χ4n) is 3.42. The predicted octanol–water partition coefficient (Wildman–Crippen LogP) is 2.07. The van der Waals surface area contributed by atoms with Crippen LogP contribution in [0.5, 0.6) is 0 Å². The van der Waals surface area contributed by atoms with E-state index in [2.05, 4.69) is 10.4 Å². The van der Waals surface area contributed by atoms with Gasteiger partial charge in [-0.25, -0.2) is 0 Å². The van der Waals surface area contributed by atoms with Crippen molar-refractivity contribution in [2.75, 3.05) is 25.0 Å². The molecule has 8 nitrogen and oxygen atoms in total. The molecular formula is C17H21N5O3. The quantitative estimate of drug-likeness (QED) is 0.677. The van der Waals surface area contributed by atoms with Gasteiger partial charge in [0.2, 0.25) is 0 Å². The van der Waals surface area contributed by atoms with Crippen molar-refractivity contribution in [2.45, 2.75) is 18.8 Å². The van der Waals surface area contributed by atoms with E-state index in [9.17, 15) is 14.9 Å². The van der Waals surface area contributed by atoms with Gasteiger partial charge in [-0.15, -0.1) is 0 Å². The Labute approximate surface area is 145 Å². The molecule has 1 aliphatic heterocycles. The van der Waals surface area contributed by atoms with E-state index in [0.29, 0.717) is 17.2 Å². The van der Waals surface area contributed by atoms with Crippen molar-refractivity contribution in [1.82, 2.24) is 15.1 Å². The van der Waals surface area contributed by atoms with Crippen LogP contribution in [0.4, 0.5) is 11.4 Å². The molecule has 1 fully saturated rings. The first-order valence-electron chi connectivity index (χ1n) is 8.24. The molecule has 132 valence electrons. The fourth-order valence-corrected chi connectivity index (χ4v) is 3.42. The first kappa shape index (κ1) is 16.9. The molecule has 1 aliphatic rings. The number of nitro groups is 1. The highest BCUT2D eigenvalue weighted by Crippen LogP contribution is 2.35. The number of aromatic nitrogens is 2. The van der Waals surface area contributed by atoms with E-state index in [4.69, 9.17) is 0 Å². The Morgan fingerprint density at radius 3 is 2.60 bits per heavy atom. The highest BCUT2D eigenvalue weighted by molar-refractivity contribution is 5.95. The lowest BCUT2D eigenvalue weighted by Crippen LogP contribution is -2.34. The number of carbonyl (C=O) groups excluding carboxylic acids is 1. The molecule has 1 amide bonds. The summed E-state index contributed by atoms with van der Waals surface area (Å²) in [4.78, 5) is 24.8. The van der Waals surface area contributed by atoms with Crippen LogP contribution in [0.3, 0.4) is 0 Å². The molecular weight excluding hydrogens is 322 g/mol. The lowest BCUT2D eigenvalue weighted by atomic mass is 9.93. The van der Waals surface area contributed by atoms with Gasteiger partial charge in [-0.3, -0.25) is 19.6 Å². The maximum absolute atomic E-state index is 11.7. The number of aryl methyl sites for hydroxylation is 1. The Hall–Kier alpha value is -2.90. The number of anilines is 1. The smallest absolute Gasteiger partial charge is 0.293 e. The summed E-state index contributed by atoms with van der Waals surface area (Å²) in [6, 6.07) is 6.68. The van der Waals surface area contributed by atoms with Gasteiger partial charge in [-0.05, 0) is 31.0 Å². The molecule has 0 saturated carbocycles. The first-order chi connectivity index (χ1) is 12.0. The first-order valence-corrected chi connectivity index (χ1v) is 8.24. The molecule has 0 unspecified atom stereocenters. The zero-order chi connectivity index (χ0) is 18.0. The van der Waals surface area contributed by atoms with Crippen LogP contribution in [0.25, 0.3) is 0 Å². The Bertz CT molecular complexity index is 793. The molecule has 1 N–H and O–H groups in total. The molecule has 0 aliphatic carbocycles. The Morgan fingerprint density at radius 1 is 1.32 bits per heavy atom. The lowest BCUT2D eigenvalue weighted by Gasteiger charge is -2.33. The zero-order valence-electron chi connectivity index (χ0n) is 14.3. The molecule has 0 atom stereocenters. The van der Waals surface area contributed by atoms with Gasteiger partial charge >= 0.3 is 0 Å². The summed E-state index contributed by atoms with van der Waals surface area (Å²) >= 11 is 0. The number of hydrogen-bond donors (Lipinski definition) is 1. The van der Waals surface area contributed by atoms with Crippen molar-refractivity contribution >= 4 is 17.3 Å². The lowest BCUT2D eigenvalue weighted by molar-refractivity contribution is -0.384. The van der Waals surface area contributed by atoms with E-state index in [1.165, 1.54) is 18.8 Å². The van der Waals surface area contributed by atoms with Gasteiger partial charge in [-0.2, -0.15) is 5.10 Å². The normalized spacial score (nSPS) is 15.2. The molecule has 1 aromatic carbocycles. The maximum Gasteiger partial charge on any atom is 0.293 e. The van der Waals surface area contributed by atoms with Gasteiger partial charge in [0, 0.05) is 56.6 Å². The number of nitrogens with zero attached hydrogens (tertiary/aromatic N) is 4. The van der Waals surface area contributed by atoms with Crippen LogP contribution in [0.15, 0.2) is 30.5 Å². The van der Waals surface area contributed by atoms with Crippen molar-refractivity contribution in [3.63, 3.8) is 0 Å². The molecule has 2 aromatic rings. The summed E-state index contributed by atoms with van der Waals surface area (Å²) in [5, 5.41) is 18.2. The number of carbonyl (C=O) groups is 1. The fraction of sp³-hybridized carbons (Fsp3) is 0.412. The Morgan fingerprint density at radius 2 is 2.04 bits per heavy atom. The standard InChI is InChI=1S/C17H21N5O3/c1-18-17(23)13-3-4-15(16(11-13)22(24)25)21-9-6-12(7-10-21)14-5-8-19-20(14)2/h3-5,8,11-12H,6-7,9-10H2,1-2H3,(H,18,23). The van der Waals surface area contributed by atoms with E-state index >= 15 is 0 Å². The minimum absolute atomic E-state index is 0.0277. The monoisotopic (exact) mass is 343 g/mol. The van der Waals surface area contributed by atoms with Crippen LogP contribution in [-0.2, 0) is 7.05 Å².